The lowest BCUT2D eigenvalue weighted by Gasteiger charge is -2.35. The Bertz CT molecular complexity index is 2130. The van der Waals surface area contributed by atoms with Crippen LogP contribution in [0.5, 0.6) is 11.5 Å². The van der Waals surface area contributed by atoms with E-state index in [9.17, 15) is 19.8 Å². The number of benzene rings is 3. The van der Waals surface area contributed by atoms with Crippen molar-refractivity contribution in [2.45, 2.75) is 52.5 Å². The average molecular weight is 804 g/mol. The van der Waals surface area contributed by atoms with Crippen molar-refractivity contribution in [3.63, 3.8) is 0 Å². The van der Waals surface area contributed by atoms with Crippen molar-refractivity contribution in [3.05, 3.63) is 83.2 Å². The molecule has 0 unspecified atom stereocenters. The Balaban J connectivity index is 1.05. The summed E-state index contributed by atoms with van der Waals surface area (Å²) < 4.78 is 7.95. The first-order chi connectivity index (χ1) is 27.0. The number of phenols is 2. The van der Waals surface area contributed by atoms with E-state index in [0.29, 0.717) is 60.1 Å². The molecule has 1 aliphatic heterocycles. The number of aromatic hydroxyl groups is 2. The first kappa shape index (κ1) is 40.9. The van der Waals surface area contributed by atoms with E-state index in [1.54, 1.807) is 6.07 Å². The predicted molar refractivity (Wildman–Crippen MR) is 224 cm³/mol. The van der Waals surface area contributed by atoms with Crippen LogP contribution in [0.15, 0.2) is 65.2 Å². The van der Waals surface area contributed by atoms with Gasteiger partial charge in [0.15, 0.2) is 11.5 Å². The molecule has 298 valence electrons. The van der Waals surface area contributed by atoms with Gasteiger partial charge in [-0.3, -0.25) is 14.5 Å². The molecule has 0 spiro atoms. The lowest BCUT2D eigenvalue weighted by Crippen LogP contribution is -2.48. The summed E-state index contributed by atoms with van der Waals surface area (Å²) in [6.07, 6.45) is 2.12. The zero-order valence-corrected chi connectivity index (χ0v) is 34.2. The van der Waals surface area contributed by atoms with Gasteiger partial charge in [-0.15, -0.1) is 23.2 Å². The summed E-state index contributed by atoms with van der Waals surface area (Å²) in [5, 5.41) is 29.4. The van der Waals surface area contributed by atoms with Crippen LogP contribution in [0.25, 0.3) is 33.4 Å². The molecule has 5 aromatic rings. The van der Waals surface area contributed by atoms with Crippen LogP contribution in [0.3, 0.4) is 0 Å². The number of alkyl halides is 2. The molecule has 0 saturated carbocycles. The van der Waals surface area contributed by atoms with E-state index in [4.69, 9.17) is 27.7 Å². The number of carbonyl (C=O) groups is 2. The van der Waals surface area contributed by atoms with Gasteiger partial charge in [0.05, 0.1) is 11.1 Å². The van der Waals surface area contributed by atoms with Crippen LogP contribution in [0.2, 0.25) is 0 Å². The van der Waals surface area contributed by atoms with Gasteiger partial charge < -0.3 is 34.4 Å². The number of rotatable bonds is 16. The third kappa shape index (κ3) is 9.12. The third-order valence-corrected chi connectivity index (χ3v) is 11.0. The zero-order valence-electron chi connectivity index (χ0n) is 32.7. The topological polar surface area (TPSA) is 127 Å². The van der Waals surface area contributed by atoms with Gasteiger partial charge in [0.2, 0.25) is 5.91 Å². The van der Waals surface area contributed by atoms with E-state index in [2.05, 4.69) is 56.2 Å². The van der Waals surface area contributed by atoms with Crippen molar-refractivity contribution in [3.8, 4) is 33.9 Å². The quantitative estimate of drug-likeness (QED) is 0.0866. The van der Waals surface area contributed by atoms with Gasteiger partial charge in [-0.1, -0.05) is 43.3 Å². The van der Waals surface area contributed by atoms with Crippen molar-refractivity contribution < 1.29 is 24.3 Å². The summed E-state index contributed by atoms with van der Waals surface area (Å²) in [5.41, 5.74) is 6.86. The molecule has 1 aliphatic rings. The Labute approximate surface area is 338 Å². The molecule has 0 bridgehead atoms. The highest BCUT2D eigenvalue weighted by Crippen LogP contribution is 2.43. The molecule has 3 heterocycles. The Morgan fingerprint density at radius 3 is 2.32 bits per heavy atom. The maximum absolute atomic E-state index is 13.2. The van der Waals surface area contributed by atoms with Crippen LogP contribution in [-0.2, 0) is 24.8 Å². The molecular formula is C43H52Cl2N6O5. The second-order valence-electron chi connectivity index (χ2n) is 14.7. The number of fused-ring (bicyclic) bond motifs is 1. The van der Waals surface area contributed by atoms with E-state index in [-0.39, 0.29) is 40.7 Å². The van der Waals surface area contributed by atoms with Crippen LogP contribution in [0.1, 0.15) is 66.8 Å². The lowest BCUT2D eigenvalue weighted by molar-refractivity contribution is -0.133. The molecule has 0 aliphatic carbocycles. The fourth-order valence-electron chi connectivity index (χ4n) is 7.55. The van der Waals surface area contributed by atoms with Crippen molar-refractivity contribution in [1.82, 2.24) is 24.8 Å². The molecule has 2 aromatic heterocycles. The Morgan fingerprint density at radius 1 is 0.946 bits per heavy atom. The van der Waals surface area contributed by atoms with Crippen LogP contribution in [0.4, 0.5) is 5.69 Å². The van der Waals surface area contributed by atoms with Gasteiger partial charge >= 0.3 is 0 Å². The largest absolute Gasteiger partial charge is 0.508 e. The van der Waals surface area contributed by atoms with E-state index in [0.717, 1.165) is 56.8 Å². The lowest BCUT2D eigenvalue weighted by atomic mass is 9.94. The average Bonchev–Trinajstić information content (AvgIpc) is 3.76. The molecule has 0 radical (unpaired) electrons. The van der Waals surface area contributed by atoms with Gasteiger partial charge in [0.25, 0.3) is 5.91 Å². The number of aromatic nitrogens is 2. The smallest absolute Gasteiger partial charge is 0.274 e. The number of nitrogens with one attached hydrogen (secondary N) is 1. The van der Waals surface area contributed by atoms with E-state index >= 15 is 0 Å². The number of anilines is 1. The van der Waals surface area contributed by atoms with Crippen molar-refractivity contribution >= 4 is 51.6 Å². The standard InChI is InChI=1S/C43H52Cl2N6O5/c1-5-46-43(55)41-40(42(56-47-41)35-25-34(28(2)3)37(52)26-38(35)53)30-11-9-29(10-12-30)27-49-19-21-51(22-20-49)39(54)8-6-7-32-23-31-24-33(13-14-36(31)48(32)4)50(17-15-44)18-16-45/h9-14,23-26,28,52-53H,5-8,15-22,27H2,1-4H3,(H,46,55). The minimum absolute atomic E-state index is 0.0120. The van der Waals surface area contributed by atoms with Crippen LogP contribution in [-0.4, -0.2) is 99.1 Å². The van der Waals surface area contributed by atoms with Gasteiger partial charge in [-0.05, 0) is 72.7 Å². The number of halogens is 2. The Morgan fingerprint density at radius 2 is 1.66 bits per heavy atom. The summed E-state index contributed by atoms with van der Waals surface area (Å²) in [6, 6.07) is 19.6. The molecular weight excluding hydrogens is 751 g/mol. The second-order valence-corrected chi connectivity index (χ2v) is 15.4. The zero-order chi connectivity index (χ0) is 39.9. The summed E-state index contributed by atoms with van der Waals surface area (Å²) in [5.74, 6) is 0.945. The SMILES string of the molecule is CCNC(=O)c1noc(-c2cc(C(C)C)c(O)cc2O)c1-c1ccc(CN2CCN(C(=O)CCCc3cc4cc(N(CCCl)CCCl)ccc4n3C)CC2)cc1. The van der Waals surface area contributed by atoms with E-state index < -0.39 is 0 Å². The second kappa shape index (κ2) is 18.5. The number of piperazine rings is 1. The molecule has 56 heavy (non-hydrogen) atoms. The van der Waals surface area contributed by atoms with E-state index in [1.165, 1.54) is 22.7 Å². The van der Waals surface area contributed by atoms with Gasteiger partial charge in [-0.25, -0.2) is 0 Å². The number of carbonyl (C=O) groups excluding carboxylic acids is 2. The van der Waals surface area contributed by atoms with Crippen LogP contribution >= 0.6 is 23.2 Å². The molecule has 3 N–H and O–H groups in total. The summed E-state index contributed by atoms with van der Waals surface area (Å²) in [7, 11) is 2.09. The highest BCUT2D eigenvalue weighted by Gasteiger charge is 2.27. The minimum Gasteiger partial charge on any atom is -0.508 e. The van der Waals surface area contributed by atoms with Crippen LogP contribution in [0, 0.1) is 0 Å². The monoisotopic (exact) mass is 802 g/mol. The van der Waals surface area contributed by atoms with Gasteiger partial charge in [0, 0.05) is 106 Å². The van der Waals surface area contributed by atoms with Crippen molar-refractivity contribution in [1.29, 1.82) is 0 Å². The minimum atomic E-state index is -0.382. The number of phenolic OH excluding ortho intramolecular Hbond substituents is 2. The summed E-state index contributed by atoms with van der Waals surface area (Å²) >= 11 is 12.1. The first-order valence-corrected chi connectivity index (χ1v) is 20.5. The number of hydrogen-bond acceptors (Lipinski definition) is 8. The molecule has 0 atom stereocenters. The first-order valence-electron chi connectivity index (χ1n) is 19.4. The Hall–Kier alpha value is -4.71. The van der Waals surface area contributed by atoms with Crippen molar-refractivity contribution in [2.24, 2.45) is 7.05 Å². The number of nitrogens with zero attached hydrogens (tertiary/aromatic N) is 5. The summed E-state index contributed by atoms with van der Waals surface area (Å²) in [6.45, 7) is 11.3. The number of hydrogen-bond donors (Lipinski definition) is 3. The van der Waals surface area contributed by atoms with Crippen LogP contribution < -0.4 is 10.2 Å². The molecule has 3 aromatic carbocycles. The molecule has 13 heteroatoms. The number of amides is 2. The molecule has 6 rings (SSSR count). The molecule has 1 fully saturated rings. The molecule has 11 nitrogen and oxygen atoms in total. The normalized spacial score (nSPS) is 13.5. The van der Waals surface area contributed by atoms with Gasteiger partial charge in [0.1, 0.15) is 11.5 Å². The number of aryl methyl sites for hydroxylation is 2. The fourth-order valence-corrected chi connectivity index (χ4v) is 7.96. The van der Waals surface area contributed by atoms with E-state index in [1.807, 2.05) is 49.9 Å². The maximum atomic E-state index is 13.2. The van der Waals surface area contributed by atoms with Gasteiger partial charge in [-0.2, -0.15) is 0 Å². The summed E-state index contributed by atoms with van der Waals surface area (Å²) in [4.78, 5) is 32.8. The predicted octanol–water partition coefficient (Wildman–Crippen LogP) is 7.74. The molecule has 1 saturated heterocycles. The highest BCUT2D eigenvalue weighted by molar-refractivity contribution is 6.18. The molecule has 2 amide bonds. The fraction of sp³-hybridized carbons (Fsp3) is 0.419. The Kier molecular flexibility index (Phi) is 13.5. The maximum Gasteiger partial charge on any atom is 0.274 e. The highest BCUT2D eigenvalue weighted by atomic mass is 35.5. The third-order valence-electron chi connectivity index (χ3n) is 10.7. The van der Waals surface area contributed by atoms with Crippen molar-refractivity contribution in [2.75, 3.05) is 62.5 Å².